The SMILES string of the molecule is O=C(OC[C@H]1O[C@@H]2C(Oc3nc(=O)ccn32)[C@H]1O)c1ccccc1. The smallest absolute Gasteiger partial charge is 0.338 e. The van der Waals surface area contributed by atoms with Crippen LogP contribution in [0.15, 0.2) is 47.4 Å². The molecule has 2 aliphatic rings. The summed E-state index contributed by atoms with van der Waals surface area (Å²) in [4.78, 5) is 26.9. The molecule has 2 aromatic rings. The molecule has 1 N–H and O–H groups in total. The van der Waals surface area contributed by atoms with Gasteiger partial charge in [-0.3, -0.25) is 9.36 Å². The maximum atomic E-state index is 11.9. The van der Waals surface area contributed by atoms with E-state index in [1.807, 2.05) is 0 Å². The van der Waals surface area contributed by atoms with E-state index in [4.69, 9.17) is 14.2 Å². The maximum absolute atomic E-state index is 11.9. The maximum Gasteiger partial charge on any atom is 0.338 e. The standard InChI is InChI=1S/C16H14N2O6/c19-11-6-7-18-14-13(24-16(18)17-11)12(20)10(23-14)8-22-15(21)9-4-2-1-3-5-9/h1-7,10,12-14,20H,8H2/t10-,12+,13?,14-/m1/s1. The summed E-state index contributed by atoms with van der Waals surface area (Å²) in [6, 6.07) is 9.95. The largest absolute Gasteiger partial charge is 0.459 e. The quantitative estimate of drug-likeness (QED) is 0.798. The number of aliphatic hydroxyl groups excluding tert-OH is 1. The highest BCUT2D eigenvalue weighted by molar-refractivity contribution is 5.89. The van der Waals surface area contributed by atoms with Crippen LogP contribution in [0.2, 0.25) is 0 Å². The molecule has 0 saturated carbocycles. The summed E-state index contributed by atoms with van der Waals surface area (Å²) in [5.74, 6) is -0.491. The van der Waals surface area contributed by atoms with E-state index in [1.54, 1.807) is 30.3 Å². The number of esters is 1. The Hall–Kier alpha value is -2.71. The van der Waals surface area contributed by atoms with E-state index < -0.39 is 36.1 Å². The molecule has 4 atom stereocenters. The first kappa shape index (κ1) is 14.9. The molecule has 0 aliphatic carbocycles. The Morgan fingerprint density at radius 2 is 2.08 bits per heavy atom. The van der Waals surface area contributed by atoms with Crippen LogP contribution in [-0.2, 0) is 9.47 Å². The molecule has 124 valence electrons. The summed E-state index contributed by atoms with van der Waals surface area (Å²) in [5.41, 5.74) is -0.00242. The first-order valence-electron chi connectivity index (χ1n) is 7.45. The van der Waals surface area contributed by atoms with E-state index in [0.717, 1.165) is 0 Å². The Morgan fingerprint density at radius 1 is 1.29 bits per heavy atom. The van der Waals surface area contributed by atoms with Crippen LogP contribution in [0.4, 0.5) is 0 Å². The van der Waals surface area contributed by atoms with E-state index >= 15 is 0 Å². The molecule has 3 heterocycles. The lowest BCUT2D eigenvalue weighted by atomic mass is 10.1. The molecule has 0 bridgehead atoms. The van der Waals surface area contributed by atoms with E-state index in [9.17, 15) is 14.7 Å². The lowest BCUT2D eigenvalue weighted by Gasteiger charge is -2.17. The van der Waals surface area contributed by atoms with Crippen molar-refractivity contribution >= 4 is 5.97 Å². The van der Waals surface area contributed by atoms with E-state index in [2.05, 4.69) is 4.98 Å². The second-order valence-corrected chi connectivity index (χ2v) is 5.56. The van der Waals surface area contributed by atoms with E-state index in [1.165, 1.54) is 16.8 Å². The van der Waals surface area contributed by atoms with Crippen LogP contribution < -0.4 is 10.3 Å². The Balaban J connectivity index is 1.43. The number of benzene rings is 1. The molecule has 1 unspecified atom stereocenters. The molecule has 8 nitrogen and oxygen atoms in total. The van der Waals surface area contributed by atoms with Crippen LogP contribution in [0, 0.1) is 0 Å². The zero-order chi connectivity index (χ0) is 16.7. The highest BCUT2D eigenvalue weighted by Crippen LogP contribution is 2.38. The van der Waals surface area contributed by atoms with Gasteiger partial charge >= 0.3 is 12.0 Å². The minimum absolute atomic E-state index is 0.103. The third kappa shape index (κ3) is 2.45. The summed E-state index contributed by atoms with van der Waals surface area (Å²) in [5, 5.41) is 10.3. The Kier molecular flexibility index (Phi) is 3.55. The number of ether oxygens (including phenoxy) is 3. The second-order valence-electron chi connectivity index (χ2n) is 5.56. The summed E-state index contributed by atoms with van der Waals surface area (Å²) in [6.07, 6.45) is -1.53. The summed E-state index contributed by atoms with van der Waals surface area (Å²) in [7, 11) is 0. The van der Waals surface area contributed by atoms with Crippen molar-refractivity contribution in [3.05, 3.63) is 58.5 Å². The van der Waals surface area contributed by atoms with Gasteiger partial charge in [0.15, 0.2) is 12.3 Å². The molecule has 1 aromatic heterocycles. The number of nitrogens with zero attached hydrogens (tertiary/aromatic N) is 2. The van der Waals surface area contributed by atoms with Gasteiger partial charge in [0.05, 0.1) is 5.56 Å². The van der Waals surface area contributed by atoms with Crippen molar-refractivity contribution < 1.29 is 24.1 Å². The first-order chi connectivity index (χ1) is 11.6. The Bertz CT molecular complexity index is 821. The van der Waals surface area contributed by atoms with Gasteiger partial charge in [-0.1, -0.05) is 18.2 Å². The van der Waals surface area contributed by atoms with Gasteiger partial charge in [-0.2, -0.15) is 4.98 Å². The predicted octanol–water partition coefficient (Wildman–Crippen LogP) is 0.120. The molecule has 1 fully saturated rings. The zero-order valence-electron chi connectivity index (χ0n) is 12.4. The van der Waals surface area contributed by atoms with Crippen molar-refractivity contribution in [1.29, 1.82) is 0 Å². The van der Waals surface area contributed by atoms with Crippen molar-refractivity contribution in [3.8, 4) is 6.01 Å². The highest BCUT2D eigenvalue weighted by atomic mass is 16.6. The molecule has 0 radical (unpaired) electrons. The van der Waals surface area contributed by atoms with E-state index in [0.29, 0.717) is 5.56 Å². The molecule has 0 amide bonds. The molecular weight excluding hydrogens is 316 g/mol. The number of rotatable bonds is 3. The average molecular weight is 330 g/mol. The molecule has 4 rings (SSSR count). The lowest BCUT2D eigenvalue weighted by molar-refractivity contribution is -0.0512. The van der Waals surface area contributed by atoms with Crippen molar-refractivity contribution in [3.63, 3.8) is 0 Å². The molecule has 0 spiro atoms. The predicted molar refractivity (Wildman–Crippen MR) is 79.6 cm³/mol. The fourth-order valence-electron chi connectivity index (χ4n) is 2.82. The summed E-state index contributed by atoms with van der Waals surface area (Å²) in [6.45, 7) is -0.103. The lowest BCUT2D eigenvalue weighted by Crippen LogP contribution is -2.36. The van der Waals surface area contributed by atoms with Crippen molar-refractivity contribution in [2.75, 3.05) is 6.61 Å². The van der Waals surface area contributed by atoms with Crippen LogP contribution in [0.25, 0.3) is 0 Å². The fraction of sp³-hybridized carbons (Fsp3) is 0.312. The molecule has 2 aliphatic heterocycles. The van der Waals surface area contributed by atoms with Gasteiger partial charge in [-0.15, -0.1) is 0 Å². The normalized spacial score (nSPS) is 27.2. The van der Waals surface area contributed by atoms with Crippen LogP contribution >= 0.6 is 0 Å². The molecule has 1 saturated heterocycles. The molecule has 8 heteroatoms. The van der Waals surface area contributed by atoms with Gasteiger partial charge in [-0.25, -0.2) is 4.79 Å². The zero-order valence-corrected chi connectivity index (χ0v) is 12.4. The van der Waals surface area contributed by atoms with Gasteiger partial charge in [0, 0.05) is 12.3 Å². The van der Waals surface area contributed by atoms with Crippen LogP contribution in [0.1, 0.15) is 16.6 Å². The van der Waals surface area contributed by atoms with Crippen molar-refractivity contribution in [2.24, 2.45) is 0 Å². The monoisotopic (exact) mass is 330 g/mol. The number of carbonyl (C=O) groups is 1. The van der Waals surface area contributed by atoms with Gasteiger partial charge < -0.3 is 19.3 Å². The van der Waals surface area contributed by atoms with Crippen molar-refractivity contribution in [2.45, 2.75) is 24.5 Å². The molecule has 1 aromatic carbocycles. The number of aromatic nitrogens is 2. The van der Waals surface area contributed by atoms with Gasteiger partial charge in [0.1, 0.15) is 18.8 Å². The Labute approximate surface area is 136 Å². The topological polar surface area (TPSA) is 99.9 Å². The number of carbonyl (C=O) groups excluding carboxylic acids is 1. The van der Waals surface area contributed by atoms with Crippen molar-refractivity contribution in [1.82, 2.24) is 9.55 Å². The number of hydrogen-bond donors (Lipinski definition) is 1. The van der Waals surface area contributed by atoms with Gasteiger partial charge in [0.2, 0.25) is 0 Å². The number of hydrogen-bond acceptors (Lipinski definition) is 7. The number of fused-ring (bicyclic) bond motifs is 3. The molecule has 24 heavy (non-hydrogen) atoms. The molecular formula is C16H14N2O6. The van der Waals surface area contributed by atoms with Crippen LogP contribution in [0.3, 0.4) is 0 Å². The highest BCUT2D eigenvalue weighted by Gasteiger charge is 2.51. The minimum Gasteiger partial charge on any atom is -0.459 e. The summed E-state index contributed by atoms with van der Waals surface area (Å²) >= 11 is 0. The van der Waals surface area contributed by atoms with Crippen LogP contribution in [-0.4, -0.2) is 45.5 Å². The number of aliphatic hydroxyl groups is 1. The van der Waals surface area contributed by atoms with Crippen LogP contribution in [0.5, 0.6) is 6.01 Å². The third-order valence-electron chi connectivity index (χ3n) is 4.02. The van der Waals surface area contributed by atoms with Gasteiger partial charge in [-0.05, 0) is 12.1 Å². The van der Waals surface area contributed by atoms with Gasteiger partial charge in [0.25, 0.3) is 5.56 Å². The average Bonchev–Trinajstić information content (AvgIpc) is 3.09. The third-order valence-corrected chi connectivity index (χ3v) is 4.02. The Morgan fingerprint density at radius 3 is 2.88 bits per heavy atom. The van der Waals surface area contributed by atoms with E-state index in [-0.39, 0.29) is 12.6 Å². The minimum atomic E-state index is -1.00. The fourth-order valence-corrected chi connectivity index (χ4v) is 2.82. The first-order valence-corrected chi connectivity index (χ1v) is 7.45. The summed E-state index contributed by atoms with van der Waals surface area (Å²) < 4.78 is 17.9. The second kappa shape index (κ2) is 5.73.